The van der Waals surface area contributed by atoms with Crippen molar-refractivity contribution in [1.29, 1.82) is 0 Å². The Hall–Kier alpha value is -2.79. The van der Waals surface area contributed by atoms with Crippen LogP contribution < -0.4 is 10.1 Å². The van der Waals surface area contributed by atoms with Gasteiger partial charge in [-0.05, 0) is 54.5 Å². The maximum Gasteiger partial charge on any atom is 0.246 e. The fourth-order valence-corrected chi connectivity index (χ4v) is 2.52. The third-order valence-corrected chi connectivity index (χ3v) is 3.97. The fourth-order valence-electron chi connectivity index (χ4n) is 2.29. The standard InChI is InChI=1S/C20H21ClN2O3/c1-14-11-16(21)8-9-18(14)22-19(24)13-23(2)20(25)10-7-15-5-4-6-17(12-15)26-3/h4-12H,13H2,1-3H3,(H,22,24)/b10-7+. The first-order valence-corrected chi connectivity index (χ1v) is 8.40. The zero-order valence-corrected chi connectivity index (χ0v) is 15.7. The molecule has 6 heteroatoms. The van der Waals surface area contributed by atoms with Crippen molar-refractivity contribution >= 4 is 35.2 Å². The number of rotatable bonds is 6. The number of carbonyl (C=O) groups excluding carboxylic acids is 2. The number of aryl methyl sites for hydroxylation is 1. The van der Waals surface area contributed by atoms with Crippen LogP contribution in [0.4, 0.5) is 5.69 Å². The van der Waals surface area contributed by atoms with Gasteiger partial charge in [-0.25, -0.2) is 0 Å². The summed E-state index contributed by atoms with van der Waals surface area (Å²) in [6.45, 7) is 1.80. The number of likely N-dealkylation sites (N-methyl/N-ethyl adjacent to an activating group) is 1. The summed E-state index contributed by atoms with van der Waals surface area (Å²) in [4.78, 5) is 25.7. The van der Waals surface area contributed by atoms with Crippen LogP contribution in [-0.4, -0.2) is 37.4 Å². The number of benzene rings is 2. The topological polar surface area (TPSA) is 58.6 Å². The average molecular weight is 373 g/mol. The van der Waals surface area contributed by atoms with E-state index in [1.54, 1.807) is 38.4 Å². The molecule has 2 amide bonds. The predicted octanol–water partition coefficient (Wildman–Crippen LogP) is 3.77. The van der Waals surface area contributed by atoms with Crippen LogP contribution >= 0.6 is 11.6 Å². The molecule has 2 aromatic carbocycles. The van der Waals surface area contributed by atoms with Crippen molar-refractivity contribution in [1.82, 2.24) is 4.90 Å². The Morgan fingerprint density at radius 2 is 2.00 bits per heavy atom. The molecule has 0 heterocycles. The van der Waals surface area contributed by atoms with E-state index >= 15 is 0 Å². The molecule has 136 valence electrons. The van der Waals surface area contributed by atoms with Crippen LogP contribution in [0.25, 0.3) is 6.08 Å². The molecule has 0 saturated carbocycles. The smallest absolute Gasteiger partial charge is 0.246 e. The number of hydrogen-bond acceptors (Lipinski definition) is 3. The second-order valence-corrected chi connectivity index (χ2v) is 6.25. The van der Waals surface area contributed by atoms with Crippen molar-refractivity contribution in [3.8, 4) is 5.75 Å². The fraction of sp³-hybridized carbons (Fsp3) is 0.200. The molecule has 0 fully saturated rings. The summed E-state index contributed by atoms with van der Waals surface area (Å²) < 4.78 is 5.14. The Kier molecular flexibility index (Phi) is 6.81. The molecule has 1 N–H and O–H groups in total. The SMILES string of the molecule is COc1cccc(/C=C/C(=O)N(C)CC(=O)Nc2ccc(Cl)cc2C)c1. The third kappa shape index (κ3) is 5.63. The van der Waals surface area contributed by atoms with Crippen molar-refractivity contribution < 1.29 is 14.3 Å². The lowest BCUT2D eigenvalue weighted by atomic mass is 10.2. The Morgan fingerprint density at radius 1 is 1.23 bits per heavy atom. The first-order valence-electron chi connectivity index (χ1n) is 8.02. The molecular formula is C20H21ClN2O3. The van der Waals surface area contributed by atoms with Crippen LogP contribution in [0.3, 0.4) is 0 Å². The molecule has 0 aromatic heterocycles. The maximum absolute atomic E-state index is 12.2. The molecule has 0 spiro atoms. The second kappa shape index (κ2) is 9.06. The van der Waals surface area contributed by atoms with Crippen molar-refractivity contribution in [2.24, 2.45) is 0 Å². The minimum Gasteiger partial charge on any atom is -0.497 e. The van der Waals surface area contributed by atoms with Gasteiger partial charge < -0.3 is 15.0 Å². The average Bonchev–Trinajstić information content (AvgIpc) is 2.62. The summed E-state index contributed by atoms with van der Waals surface area (Å²) in [6, 6.07) is 12.6. The van der Waals surface area contributed by atoms with E-state index in [4.69, 9.17) is 16.3 Å². The Balaban J connectivity index is 1.93. The third-order valence-electron chi connectivity index (χ3n) is 3.73. The molecular weight excluding hydrogens is 352 g/mol. The van der Waals surface area contributed by atoms with Crippen LogP contribution in [0.2, 0.25) is 5.02 Å². The number of anilines is 1. The molecule has 0 atom stereocenters. The Morgan fingerprint density at radius 3 is 2.69 bits per heavy atom. The highest BCUT2D eigenvalue weighted by molar-refractivity contribution is 6.30. The second-order valence-electron chi connectivity index (χ2n) is 5.81. The van der Waals surface area contributed by atoms with Gasteiger partial charge in [0.15, 0.2) is 0 Å². The van der Waals surface area contributed by atoms with Gasteiger partial charge in [0.1, 0.15) is 5.75 Å². The molecule has 0 radical (unpaired) electrons. The van der Waals surface area contributed by atoms with Crippen LogP contribution in [-0.2, 0) is 9.59 Å². The van der Waals surface area contributed by atoms with E-state index in [2.05, 4.69) is 5.32 Å². The lowest BCUT2D eigenvalue weighted by molar-refractivity contribution is -0.129. The van der Waals surface area contributed by atoms with Gasteiger partial charge in [0.05, 0.1) is 13.7 Å². The van der Waals surface area contributed by atoms with Gasteiger partial charge in [0.25, 0.3) is 0 Å². The van der Waals surface area contributed by atoms with Gasteiger partial charge in [-0.3, -0.25) is 9.59 Å². The summed E-state index contributed by atoms with van der Waals surface area (Å²) in [7, 11) is 3.16. The normalized spacial score (nSPS) is 10.6. The summed E-state index contributed by atoms with van der Waals surface area (Å²) in [6.07, 6.45) is 3.11. The molecule has 0 bridgehead atoms. The maximum atomic E-state index is 12.2. The zero-order valence-electron chi connectivity index (χ0n) is 15.0. The van der Waals surface area contributed by atoms with Crippen molar-refractivity contribution in [3.63, 3.8) is 0 Å². The summed E-state index contributed by atoms with van der Waals surface area (Å²) in [5.41, 5.74) is 2.37. The monoisotopic (exact) mass is 372 g/mol. The minimum atomic E-state index is -0.277. The van der Waals surface area contributed by atoms with E-state index in [0.29, 0.717) is 16.5 Å². The number of amides is 2. The number of hydrogen-bond donors (Lipinski definition) is 1. The van der Waals surface area contributed by atoms with E-state index < -0.39 is 0 Å². The number of ether oxygens (including phenoxy) is 1. The minimum absolute atomic E-state index is 0.0522. The van der Waals surface area contributed by atoms with Crippen LogP contribution in [0.5, 0.6) is 5.75 Å². The van der Waals surface area contributed by atoms with E-state index in [-0.39, 0.29) is 18.4 Å². The van der Waals surface area contributed by atoms with Gasteiger partial charge >= 0.3 is 0 Å². The van der Waals surface area contributed by atoms with Crippen LogP contribution in [0.15, 0.2) is 48.5 Å². The first-order chi connectivity index (χ1) is 12.4. The lowest BCUT2D eigenvalue weighted by Crippen LogP contribution is -2.34. The molecule has 0 aliphatic heterocycles. The quantitative estimate of drug-likeness (QED) is 0.785. The van der Waals surface area contributed by atoms with Crippen molar-refractivity contribution in [2.75, 3.05) is 26.0 Å². The molecule has 2 aromatic rings. The van der Waals surface area contributed by atoms with Gasteiger partial charge in [-0.15, -0.1) is 0 Å². The number of nitrogens with one attached hydrogen (secondary N) is 1. The van der Waals surface area contributed by atoms with Gasteiger partial charge in [-0.2, -0.15) is 0 Å². The largest absolute Gasteiger partial charge is 0.497 e. The van der Waals surface area contributed by atoms with E-state index in [1.165, 1.54) is 11.0 Å². The zero-order chi connectivity index (χ0) is 19.1. The number of methoxy groups -OCH3 is 1. The Labute approximate surface area is 158 Å². The van der Waals surface area contributed by atoms with E-state index in [0.717, 1.165) is 11.1 Å². The van der Waals surface area contributed by atoms with Crippen LogP contribution in [0, 0.1) is 6.92 Å². The summed E-state index contributed by atoms with van der Waals surface area (Å²) in [5.74, 6) is 0.169. The van der Waals surface area contributed by atoms with Gasteiger partial charge in [0, 0.05) is 23.8 Å². The number of carbonyl (C=O) groups is 2. The molecule has 5 nitrogen and oxygen atoms in total. The number of nitrogens with zero attached hydrogens (tertiary/aromatic N) is 1. The van der Waals surface area contributed by atoms with E-state index in [1.807, 2.05) is 31.2 Å². The van der Waals surface area contributed by atoms with E-state index in [9.17, 15) is 9.59 Å². The van der Waals surface area contributed by atoms with Gasteiger partial charge in [0.2, 0.25) is 11.8 Å². The van der Waals surface area contributed by atoms with Crippen molar-refractivity contribution in [2.45, 2.75) is 6.92 Å². The first kappa shape index (κ1) is 19.5. The summed E-state index contributed by atoms with van der Waals surface area (Å²) >= 11 is 5.90. The highest BCUT2D eigenvalue weighted by atomic mass is 35.5. The molecule has 0 aliphatic carbocycles. The lowest BCUT2D eigenvalue weighted by Gasteiger charge is -2.15. The highest BCUT2D eigenvalue weighted by Crippen LogP contribution is 2.19. The molecule has 0 saturated heterocycles. The van der Waals surface area contributed by atoms with Crippen molar-refractivity contribution in [3.05, 3.63) is 64.7 Å². The predicted molar refractivity (Wildman–Crippen MR) is 104 cm³/mol. The molecule has 26 heavy (non-hydrogen) atoms. The number of halogens is 1. The summed E-state index contributed by atoms with van der Waals surface area (Å²) in [5, 5.41) is 3.39. The van der Waals surface area contributed by atoms with Crippen LogP contribution in [0.1, 0.15) is 11.1 Å². The molecule has 0 unspecified atom stereocenters. The molecule has 2 rings (SSSR count). The Bertz CT molecular complexity index is 834. The van der Waals surface area contributed by atoms with Gasteiger partial charge in [-0.1, -0.05) is 23.7 Å². The highest BCUT2D eigenvalue weighted by Gasteiger charge is 2.11. The molecule has 0 aliphatic rings.